The van der Waals surface area contributed by atoms with Crippen LogP contribution in [0.4, 0.5) is 0 Å². The molecule has 0 bridgehead atoms. The Labute approximate surface area is 119 Å². The summed E-state index contributed by atoms with van der Waals surface area (Å²) in [6.45, 7) is 4.38. The zero-order chi connectivity index (χ0) is 13.9. The van der Waals surface area contributed by atoms with Crippen LogP contribution in [0.25, 0.3) is 22.6 Å². The molecule has 0 spiro atoms. The average molecular weight is 263 g/mol. The summed E-state index contributed by atoms with van der Waals surface area (Å²) in [5, 5.41) is 4.15. The van der Waals surface area contributed by atoms with E-state index in [1.165, 1.54) is 5.56 Å². The van der Waals surface area contributed by atoms with Crippen LogP contribution in [0.2, 0.25) is 0 Å². The predicted molar refractivity (Wildman–Crippen MR) is 81.5 cm³/mol. The number of aromatic nitrogens is 1. The van der Waals surface area contributed by atoms with Crippen LogP contribution in [-0.2, 0) is 0 Å². The van der Waals surface area contributed by atoms with Crippen LogP contribution < -0.4 is 0 Å². The third-order valence-electron chi connectivity index (χ3n) is 3.44. The average Bonchev–Trinajstić information content (AvgIpc) is 2.98. The van der Waals surface area contributed by atoms with Gasteiger partial charge in [0.1, 0.15) is 5.69 Å². The van der Waals surface area contributed by atoms with E-state index in [0.717, 1.165) is 22.6 Å². The van der Waals surface area contributed by atoms with Gasteiger partial charge in [0, 0.05) is 17.2 Å². The maximum absolute atomic E-state index is 5.46. The van der Waals surface area contributed by atoms with E-state index in [2.05, 4.69) is 43.3 Å². The molecular formula is C18H17NO. The lowest BCUT2D eigenvalue weighted by atomic mass is 10.0. The smallest absolute Gasteiger partial charge is 0.167 e. The van der Waals surface area contributed by atoms with Crippen LogP contribution >= 0.6 is 0 Å². The molecule has 0 saturated carbocycles. The Morgan fingerprint density at radius 1 is 0.850 bits per heavy atom. The van der Waals surface area contributed by atoms with Crippen molar-refractivity contribution >= 4 is 0 Å². The topological polar surface area (TPSA) is 26.0 Å². The maximum atomic E-state index is 5.46. The SMILES string of the molecule is CC(C)c1ccc(-c2cc(-c3ccccc3)no2)cc1. The summed E-state index contributed by atoms with van der Waals surface area (Å²) in [6.07, 6.45) is 0. The van der Waals surface area contributed by atoms with E-state index in [1.807, 2.05) is 36.4 Å². The van der Waals surface area contributed by atoms with Gasteiger partial charge >= 0.3 is 0 Å². The fourth-order valence-corrected chi connectivity index (χ4v) is 2.19. The van der Waals surface area contributed by atoms with E-state index in [1.54, 1.807) is 0 Å². The van der Waals surface area contributed by atoms with Gasteiger partial charge in [0.25, 0.3) is 0 Å². The molecule has 0 aliphatic heterocycles. The first-order chi connectivity index (χ1) is 9.74. The predicted octanol–water partition coefficient (Wildman–Crippen LogP) is 5.13. The first kappa shape index (κ1) is 12.7. The normalized spacial score (nSPS) is 10.9. The molecule has 0 saturated heterocycles. The Balaban J connectivity index is 1.90. The van der Waals surface area contributed by atoms with Crippen molar-refractivity contribution in [1.82, 2.24) is 5.16 Å². The molecule has 0 amide bonds. The molecule has 0 N–H and O–H groups in total. The Kier molecular flexibility index (Phi) is 3.38. The molecule has 2 heteroatoms. The number of nitrogens with zero attached hydrogens (tertiary/aromatic N) is 1. The molecule has 1 aromatic heterocycles. The molecule has 0 unspecified atom stereocenters. The molecular weight excluding hydrogens is 246 g/mol. The summed E-state index contributed by atoms with van der Waals surface area (Å²) in [5.41, 5.74) is 4.33. The van der Waals surface area contributed by atoms with Crippen molar-refractivity contribution in [2.75, 3.05) is 0 Å². The van der Waals surface area contributed by atoms with E-state index < -0.39 is 0 Å². The van der Waals surface area contributed by atoms with Crippen LogP contribution in [0.5, 0.6) is 0 Å². The summed E-state index contributed by atoms with van der Waals surface area (Å²) < 4.78 is 5.46. The monoisotopic (exact) mass is 263 g/mol. The van der Waals surface area contributed by atoms with Gasteiger partial charge in [0.05, 0.1) is 0 Å². The van der Waals surface area contributed by atoms with Gasteiger partial charge in [-0.3, -0.25) is 0 Å². The highest BCUT2D eigenvalue weighted by molar-refractivity contribution is 5.66. The molecule has 100 valence electrons. The number of benzene rings is 2. The first-order valence-corrected chi connectivity index (χ1v) is 6.86. The highest BCUT2D eigenvalue weighted by Crippen LogP contribution is 2.27. The third-order valence-corrected chi connectivity index (χ3v) is 3.44. The Bertz CT molecular complexity index is 681. The van der Waals surface area contributed by atoms with Gasteiger partial charge in [-0.1, -0.05) is 73.6 Å². The fourth-order valence-electron chi connectivity index (χ4n) is 2.19. The molecule has 0 fully saturated rings. The van der Waals surface area contributed by atoms with Gasteiger partial charge in [-0.25, -0.2) is 0 Å². The van der Waals surface area contributed by atoms with E-state index in [0.29, 0.717) is 5.92 Å². The molecule has 0 aliphatic carbocycles. The second kappa shape index (κ2) is 5.33. The standard InChI is InChI=1S/C18H17NO/c1-13(2)14-8-10-16(11-9-14)18-12-17(19-20-18)15-6-4-3-5-7-15/h3-13H,1-2H3. The lowest BCUT2D eigenvalue weighted by Gasteiger charge is -2.04. The lowest BCUT2D eigenvalue weighted by molar-refractivity contribution is 0.435. The van der Waals surface area contributed by atoms with Gasteiger partial charge in [0.15, 0.2) is 5.76 Å². The minimum Gasteiger partial charge on any atom is -0.356 e. The van der Waals surface area contributed by atoms with Crippen LogP contribution in [0.3, 0.4) is 0 Å². The highest BCUT2D eigenvalue weighted by atomic mass is 16.5. The van der Waals surface area contributed by atoms with Crippen molar-refractivity contribution in [3.63, 3.8) is 0 Å². The Morgan fingerprint density at radius 3 is 2.20 bits per heavy atom. The van der Waals surface area contributed by atoms with E-state index in [-0.39, 0.29) is 0 Å². The van der Waals surface area contributed by atoms with Crippen molar-refractivity contribution in [3.8, 4) is 22.6 Å². The quantitative estimate of drug-likeness (QED) is 0.654. The van der Waals surface area contributed by atoms with E-state index in [4.69, 9.17) is 4.52 Å². The largest absolute Gasteiger partial charge is 0.356 e. The minimum atomic E-state index is 0.540. The molecule has 0 atom stereocenters. The second-order valence-electron chi connectivity index (χ2n) is 5.22. The van der Waals surface area contributed by atoms with Gasteiger partial charge < -0.3 is 4.52 Å². The maximum Gasteiger partial charge on any atom is 0.167 e. The number of rotatable bonds is 3. The molecule has 20 heavy (non-hydrogen) atoms. The molecule has 3 rings (SSSR count). The molecule has 0 radical (unpaired) electrons. The Morgan fingerprint density at radius 2 is 1.55 bits per heavy atom. The summed E-state index contributed by atoms with van der Waals surface area (Å²) in [6, 6.07) is 20.5. The van der Waals surface area contributed by atoms with E-state index in [9.17, 15) is 0 Å². The minimum absolute atomic E-state index is 0.540. The first-order valence-electron chi connectivity index (χ1n) is 6.86. The zero-order valence-corrected chi connectivity index (χ0v) is 11.7. The third kappa shape index (κ3) is 2.50. The number of hydrogen-bond acceptors (Lipinski definition) is 2. The van der Waals surface area contributed by atoms with Crippen LogP contribution in [0.1, 0.15) is 25.3 Å². The van der Waals surface area contributed by atoms with Crippen LogP contribution in [0.15, 0.2) is 65.2 Å². The Hall–Kier alpha value is -2.35. The van der Waals surface area contributed by atoms with Gasteiger partial charge in [-0.15, -0.1) is 0 Å². The number of hydrogen-bond donors (Lipinski definition) is 0. The van der Waals surface area contributed by atoms with Crippen molar-refractivity contribution < 1.29 is 4.52 Å². The lowest BCUT2D eigenvalue weighted by Crippen LogP contribution is -1.85. The summed E-state index contributed by atoms with van der Waals surface area (Å²) in [5.74, 6) is 1.35. The van der Waals surface area contributed by atoms with E-state index >= 15 is 0 Å². The molecule has 2 nitrogen and oxygen atoms in total. The zero-order valence-electron chi connectivity index (χ0n) is 11.7. The van der Waals surface area contributed by atoms with Gasteiger partial charge in [-0.05, 0) is 11.5 Å². The summed E-state index contributed by atoms with van der Waals surface area (Å²) in [7, 11) is 0. The van der Waals surface area contributed by atoms with Crippen LogP contribution in [0, 0.1) is 0 Å². The molecule has 3 aromatic rings. The van der Waals surface area contributed by atoms with Gasteiger partial charge in [0.2, 0.25) is 0 Å². The molecule has 0 aliphatic rings. The summed E-state index contributed by atoms with van der Waals surface area (Å²) in [4.78, 5) is 0. The van der Waals surface area contributed by atoms with Crippen molar-refractivity contribution in [2.24, 2.45) is 0 Å². The molecule has 2 aromatic carbocycles. The highest BCUT2D eigenvalue weighted by Gasteiger charge is 2.08. The summed E-state index contributed by atoms with van der Waals surface area (Å²) >= 11 is 0. The van der Waals surface area contributed by atoms with Crippen molar-refractivity contribution in [2.45, 2.75) is 19.8 Å². The fraction of sp³-hybridized carbons (Fsp3) is 0.167. The van der Waals surface area contributed by atoms with Crippen molar-refractivity contribution in [3.05, 3.63) is 66.2 Å². The molecule has 1 heterocycles. The van der Waals surface area contributed by atoms with Crippen LogP contribution in [-0.4, -0.2) is 5.16 Å². The van der Waals surface area contributed by atoms with Crippen molar-refractivity contribution in [1.29, 1.82) is 0 Å². The van der Waals surface area contributed by atoms with Gasteiger partial charge in [-0.2, -0.15) is 0 Å². The second-order valence-corrected chi connectivity index (χ2v) is 5.22.